The van der Waals surface area contributed by atoms with Gasteiger partial charge in [-0.05, 0) is 23.6 Å². The molecule has 1 N–H and O–H groups in total. The van der Waals surface area contributed by atoms with Crippen LogP contribution in [0.3, 0.4) is 0 Å². The van der Waals surface area contributed by atoms with Crippen LogP contribution in [0, 0.1) is 0 Å². The second kappa shape index (κ2) is 3.65. The van der Waals surface area contributed by atoms with Crippen LogP contribution < -0.4 is 0 Å². The molecule has 0 saturated carbocycles. The van der Waals surface area contributed by atoms with Gasteiger partial charge in [0.2, 0.25) is 0 Å². The minimum Gasteiger partial charge on any atom is -0.197 e. The maximum absolute atomic E-state index is 4.24. The van der Waals surface area contributed by atoms with Crippen LogP contribution in [0.15, 0.2) is 48.5 Å². The SMILES string of the molecule is c1ccc2sc(-c3cccc4n[nH]nc34)cc2c1. The Morgan fingerprint density at radius 3 is 2.83 bits per heavy atom. The highest BCUT2D eigenvalue weighted by atomic mass is 32.1. The highest BCUT2D eigenvalue weighted by Crippen LogP contribution is 2.35. The summed E-state index contributed by atoms with van der Waals surface area (Å²) in [6.07, 6.45) is 0. The number of aromatic nitrogens is 3. The van der Waals surface area contributed by atoms with E-state index in [1.165, 1.54) is 15.0 Å². The molecule has 3 nitrogen and oxygen atoms in total. The van der Waals surface area contributed by atoms with Gasteiger partial charge in [-0.3, -0.25) is 0 Å². The Morgan fingerprint density at radius 2 is 1.89 bits per heavy atom. The van der Waals surface area contributed by atoms with Gasteiger partial charge in [0.1, 0.15) is 11.0 Å². The topological polar surface area (TPSA) is 41.6 Å². The summed E-state index contributed by atoms with van der Waals surface area (Å²) in [4.78, 5) is 1.23. The van der Waals surface area contributed by atoms with Gasteiger partial charge in [-0.1, -0.05) is 30.3 Å². The van der Waals surface area contributed by atoms with E-state index < -0.39 is 0 Å². The molecule has 2 heterocycles. The standard InChI is InChI=1S/C14H9N3S/c1-2-7-12-9(4-1)8-13(18-12)10-5-3-6-11-14(10)16-17-15-11/h1-8H,(H,15,16,17). The van der Waals surface area contributed by atoms with Crippen molar-refractivity contribution in [1.82, 2.24) is 15.4 Å². The Kier molecular flexibility index (Phi) is 1.98. The molecule has 4 heteroatoms. The van der Waals surface area contributed by atoms with Crippen LogP contribution in [0.4, 0.5) is 0 Å². The van der Waals surface area contributed by atoms with Crippen molar-refractivity contribution in [3.05, 3.63) is 48.5 Å². The molecule has 0 saturated heterocycles. The van der Waals surface area contributed by atoms with E-state index in [2.05, 4.69) is 51.8 Å². The second-order valence-electron chi connectivity index (χ2n) is 4.15. The summed E-state index contributed by atoms with van der Waals surface area (Å²) in [5.74, 6) is 0. The first-order valence-corrected chi connectivity index (χ1v) is 6.52. The summed E-state index contributed by atoms with van der Waals surface area (Å²) >= 11 is 1.79. The largest absolute Gasteiger partial charge is 0.197 e. The quantitative estimate of drug-likeness (QED) is 0.558. The van der Waals surface area contributed by atoms with E-state index in [9.17, 15) is 0 Å². The molecular weight excluding hydrogens is 242 g/mol. The van der Waals surface area contributed by atoms with Crippen LogP contribution in [-0.2, 0) is 0 Å². The lowest BCUT2D eigenvalue weighted by molar-refractivity contribution is 0.959. The van der Waals surface area contributed by atoms with E-state index >= 15 is 0 Å². The number of hydrogen-bond acceptors (Lipinski definition) is 3. The van der Waals surface area contributed by atoms with E-state index in [1.807, 2.05) is 12.1 Å². The third-order valence-electron chi connectivity index (χ3n) is 3.04. The van der Waals surface area contributed by atoms with Crippen molar-refractivity contribution >= 4 is 32.5 Å². The van der Waals surface area contributed by atoms with Crippen molar-refractivity contribution in [3.8, 4) is 10.4 Å². The van der Waals surface area contributed by atoms with E-state index in [4.69, 9.17) is 0 Å². The molecule has 2 aromatic heterocycles. The fourth-order valence-electron chi connectivity index (χ4n) is 2.18. The Balaban J connectivity index is 2.04. The van der Waals surface area contributed by atoms with Gasteiger partial charge in [-0.15, -0.1) is 11.3 Å². The molecule has 0 unspecified atom stereocenters. The smallest absolute Gasteiger partial charge is 0.121 e. The van der Waals surface area contributed by atoms with E-state index in [1.54, 1.807) is 11.3 Å². The second-order valence-corrected chi connectivity index (χ2v) is 5.23. The number of nitrogens with one attached hydrogen (secondary N) is 1. The first-order chi connectivity index (χ1) is 8.92. The van der Waals surface area contributed by atoms with Crippen LogP contribution in [0.2, 0.25) is 0 Å². The normalized spacial score (nSPS) is 11.3. The molecular formula is C14H9N3S. The Labute approximate surface area is 107 Å². The van der Waals surface area contributed by atoms with Crippen molar-refractivity contribution in [2.24, 2.45) is 0 Å². The summed E-state index contributed by atoms with van der Waals surface area (Å²) < 4.78 is 1.30. The molecule has 0 fully saturated rings. The third kappa shape index (κ3) is 1.36. The van der Waals surface area contributed by atoms with Crippen LogP contribution in [0.25, 0.3) is 31.6 Å². The average molecular weight is 251 g/mol. The average Bonchev–Trinajstić information content (AvgIpc) is 3.04. The number of benzene rings is 2. The van der Waals surface area contributed by atoms with Gasteiger partial charge in [0.25, 0.3) is 0 Å². The summed E-state index contributed by atoms with van der Waals surface area (Å²) in [6.45, 7) is 0. The maximum atomic E-state index is 4.24. The number of thiophene rings is 1. The monoisotopic (exact) mass is 251 g/mol. The maximum Gasteiger partial charge on any atom is 0.121 e. The van der Waals surface area contributed by atoms with E-state index in [0.29, 0.717) is 0 Å². The minimum atomic E-state index is 0.907. The zero-order valence-corrected chi connectivity index (χ0v) is 10.2. The summed E-state index contributed by atoms with van der Waals surface area (Å²) in [5.41, 5.74) is 2.98. The fraction of sp³-hybridized carbons (Fsp3) is 0. The molecule has 4 rings (SSSR count). The van der Waals surface area contributed by atoms with Gasteiger partial charge in [0.05, 0.1) is 0 Å². The Morgan fingerprint density at radius 1 is 0.944 bits per heavy atom. The number of nitrogens with zero attached hydrogens (tertiary/aromatic N) is 2. The van der Waals surface area contributed by atoms with Gasteiger partial charge < -0.3 is 0 Å². The summed E-state index contributed by atoms with van der Waals surface area (Å²) in [5, 5.41) is 12.3. The van der Waals surface area contributed by atoms with Crippen LogP contribution in [0.5, 0.6) is 0 Å². The molecule has 0 aliphatic carbocycles. The van der Waals surface area contributed by atoms with Crippen molar-refractivity contribution in [1.29, 1.82) is 0 Å². The molecule has 0 radical (unpaired) electrons. The van der Waals surface area contributed by atoms with Crippen molar-refractivity contribution in [2.75, 3.05) is 0 Å². The van der Waals surface area contributed by atoms with E-state index in [0.717, 1.165) is 16.6 Å². The van der Waals surface area contributed by atoms with E-state index in [-0.39, 0.29) is 0 Å². The number of aromatic amines is 1. The molecule has 0 spiro atoms. The lowest BCUT2D eigenvalue weighted by Gasteiger charge is -1.96. The van der Waals surface area contributed by atoms with Gasteiger partial charge in [0.15, 0.2) is 0 Å². The predicted molar refractivity (Wildman–Crippen MR) is 74.7 cm³/mol. The minimum absolute atomic E-state index is 0.907. The molecule has 86 valence electrons. The van der Waals surface area contributed by atoms with Crippen LogP contribution >= 0.6 is 11.3 Å². The van der Waals surface area contributed by atoms with Crippen LogP contribution in [0.1, 0.15) is 0 Å². The van der Waals surface area contributed by atoms with Crippen LogP contribution in [-0.4, -0.2) is 15.4 Å². The zero-order chi connectivity index (χ0) is 11.9. The predicted octanol–water partition coefficient (Wildman–Crippen LogP) is 3.84. The van der Waals surface area contributed by atoms with Crippen molar-refractivity contribution in [2.45, 2.75) is 0 Å². The fourth-order valence-corrected chi connectivity index (χ4v) is 3.27. The highest BCUT2D eigenvalue weighted by Gasteiger charge is 2.09. The van der Waals surface area contributed by atoms with Gasteiger partial charge >= 0.3 is 0 Å². The number of hydrogen-bond donors (Lipinski definition) is 1. The Hall–Kier alpha value is -2.20. The molecule has 0 aliphatic heterocycles. The zero-order valence-electron chi connectivity index (χ0n) is 9.42. The number of rotatable bonds is 1. The number of H-pyrrole nitrogens is 1. The third-order valence-corrected chi connectivity index (χ3v) is 4.19. The van der Waals surface area contributed by atoms with Gasteiger partial charge in [0, 0.05) is 15.1 Å². The number of fused-ring (bicyclic) bond motifs is 2. The molecule has 0 bridgehead atoms. The molecule has 0 amide bonds. The summed E-state index contributed by atoms with van der Waals surface area (Å²) in [7, 11) is 0. The summed E-state index contributed by atoms with van der Waals surface area (Å²) in [6, 6.07) is 16.7. The van der Waals surface area contributed by atoms with Crippen molar-refractivity contribution < 1.29 is 0 Å². The number of para-hydroxylation sites is 1. The molecule has 18 heavy (non-hydrogen) atoms. The Bertz CT molecular complexity index is 811. The highest BCUT2D eigenvalue weighted by molar-refractivity contribution is 7.22. The lowest BCUT2D eigenvalue weighted by atomic mass is 10.1. The van der Waals surface area contributed by atoms with Gasteiger partial charge in [-0.25, -0.2) is 0 Å². The molecule has 0 aliphatic rings. The van der Waals surface area contributed by atoms with Crippen molar-refractivity contribution in [3.63, 3.8) is 0 Å². The first kappa shape index (κ1) is 9.79. The first-order valence-electron chi connectivity index (χ1n) is 5.70. The molecule has 0 atom stereocenters. The lowest BCUT2D eigenvalue weighted by Crippen LogP contribution is -1.76. The molecule has 2 aromatic carbocycles. The molecule has 4 aromatic rings. The van der Waals surface area contributed by atoms with Gasteiger partial charge in [-0.2, -0.15) is 15.4 Å².